The topological polar surface area (TPSA) is 103 Å². The van der Waals surface area contributed by atoms with Crippen LogP contribution in [0.4, 0.5) is 10.6 Å². The summed E-state index contributed by atoms with van der Waals surface area (Å²) in [5.74, 6) is 0.183. The van der Waals surface area contributed by atoms with Gasteiger partial charge in [0.2, 0.25) is 0 Å². The van der Waals surface area contributed by atoms with Gasteiger partial charge in [0.05, 0.1) is 28.2 Å². The fraction of sp³-hybridized carbons (Fsp3) is 0.400. The third kappa shape index (κ3) is 4.41. The molecule has 0 saturated carbocycles. The Kier molecular flexibility index (Phi) is 6.27. The van der Waals surface area contributed by atoms with Crippen LogP contribution in [-0.4, -0.2) is 63.4 Å². The standard InChI is InChI=1S/C25H25Cl2N3O5/c1-13-8-18(26)23(19(27)9-13)35-16-6-7-29(12-16)21-5-2-14(11-28-21)17-10-15-3-4-20(22(17)24(31)32)30(15)25(33)34/h2,5,8-9,11,15-16,20H,3-4,6-7,10,12H2,1H3,(H,31,32)(H,33,34)/t15-,16+,20+/m0/s1. The Bertz CT molecular complexity index is 1190. The average Bonchev–Trinajstić information content (AvgIpc) is 3.39. The van der Waals surface area contributed by atoms with Gasteiger partial charge in [-0.3, -0.25) is 4.90 Å². The molecule has 0 spiro atoms. The quantitative estimate of drug-likeness (QED) is 0.567. The molecule has 184 valence electrons. The smallest absolute Gasteiger partial charge is 0.408 e. The fourth-order valence-electron chi connectivity index (χ4n) is 5.50. The number of aromatic nitrogens is 1. The van der Waals surface area contributed by atoms with Crippen molar-refractivity contribution in [1.29, 1.82) is 0 Å². The van der Waals surface area contributed by atoms with Gasteiger partial charge < -0.3 is 19.8 Å². The molecular weight excluding hydrogens is 493 g/mol. The van der Waals surface area contributed by atoms with E-state index in [1.54, 1.807) is 6.20 Å². The van der Waals surface area contributed by atoms with E-state index in [2.05, 4.69) is 9.88 Å². The van der Waals surface area contributed by atoms with Crippen LogP contribution in [0.15, 0.2) is 36.0 Å². The normalized spacial score (nSPS) is 23.7. The monoisotopic (exact) mass is 517 g/mol. The lowest BCUT2D eigenvalue weighted by molar-refractivity contribution is -0.133. The summed E-state index contributed by atoms with van der Waals surface area (Å²) in [6.07, 6.45) is 2.88. The number of ether oxygens (including phenoxy) is 1. The van der Waals surface area contributed by atoms with E-state index in [9.17, 15) is 19.8 Å². The summed E-state index contributed by atoms with van der Waals surface area (Å²) in [7, 11) is 0. The molecule has 2 bridgehead atoms. The van der Waals surface area contributed by atoms with E-state index < -0.39 is 18.1 Å². The number of aliphatic carboxylic acids is 1. The summed E-state index contributed by atoms with van der Waals surface area (Å²) in [5, 5.41) is 20.4. The predicted octanol–water partition coefficient (Wildman–Crippen LogP) is 5.11. The zero-order valence-electron chi connectivity index (χ0n) is 19.1. The second kappa shape index (κ2) is 9.24. The third-order valence-electron chi connectivity index (χ3n) is 7.04. The highest BCUT2D eigenvalue weighted by Gasteiger charge is 2.46. The highest BCUT2D eigenvalue weighted by Crippen LogP contribution is 2.43. The molecule has 1 aromatic carbocycles. The molecule has 2 aromatic rings. The van der Waals surface area contributed by atoms with E-state index in [4.69, 9.17) is 27.9 Å². The van der Waals surface area contributed by atoms with Crippen molar-refractivity contribution in [3.8, 4) is 5.75 Å². The number of hydrogen-bond acceptors (Lipinski definition) is 5. The molecule has 0 unspecified atom stereocenters. The maximum atomic E-state index is 12.1. The number of carbonyl (C=O) groups is 2. The SMILES string of the molecule is Cc1cc(Cl)c(O[C@@H]2CCN(c3ccc(C4=C(C(=O)O)[C@H]5CC[C@@H](C4)N5C(=O)O)cn3)C2)c(Cl)c1. The van der Waals surface area contributed by atoms with Gasteiger partial charge in [0.25, 0.3) is 0 Å². The first-order valence-electron chi connectivity index (χ1n) is 11.5. The second-order valence-corrected chi connectivity index (χ2v) is 10.1. The number of halogens is 2. The van der Waals surface area contributed by atoms with Crippen LogP contribution in [0.3, 0.4) is 0 Å². The van der Waals surface area contributed by atoms with Crippen molar-refractivity contribution < 1.29 is 24.5 Å². The van der Waals surface area contributed by atoms with E-state index in [-0.39, 0.29) is 17.7 Å². The Balaban J connectivity index is 1.33. The van der Waals surface area contributed by atoms with Crippen LogP contribution in [0.25, 0.3) is 5.57 Å². The molecule has 10 heteroatoms. The first-order valence-corrected chi connectivity index (χ1v) is 12.3. The lowest BCUT2D eigenvalue weighted by Gasteiger charge is -2.34. The van der Waals surface area contributed by atoms with Crippen molar-refractivity contribution in [3.05, 3.63) is 57.2 Å². The highest BCUT2D eigenvalue weighted by molar-refractivity contribution is 6.37. The highest BCUT2D eigenvalue weighted by atomic mass is 35.5. The number of carboxylic acid groups (broad SMARTS) is 2. The molecule has 2 N–H and O–H groups in total. The molecule has 8 nitrogen and oxygen atoms in total. The van der Waals surface area contributed by atoms with Gasteiger partial charge in [0.1, 0.15) is 11.9 Å². The van der Waals surface area contributed by atoms with Gasteiger partial charge in [-0.05, 0) is 67.2 Å². The molecule has 1 aromatic heterocycles. The van der Waals surface area contributed by atoms with Crippen molar-refractivity contribution in [2.45, 2.75) is 50.8 Å². The molecule has 3 atom stereocenters. The van der Waals surface area contributed by atoms with Crippen LogP contribution in [0.5, 0.6) is 5.75 Å². The number of carboxylic acids is 1. The molecular formula is C25H25Cl2N3O5. The second-order valence-electron chi connectivity index (χ2n) is 9.28. The molecule has 35 heavy (non-hydrogen) atoms. The molecule has 0 aliphatic carbocycles. The van der Waals surface area contributed by atoms with Crippen LogP contribution >= 0.6 is 23.2 Å². The minimum absolute atomic E-state index is 0.0912. The molecule has 2 saturated heterocycles. The molecule has 3 aliphatic rings. The Hall–Kier alpha value is -2.97. The van der Waals surface area contributed by atoms with Gasteiger partial charge in [0.15, 0.2) is 5.75 Å². The number of anilines is 1. The predicted molar refractivity (Wildman–Crippen MR) is 133 cm³/mol. The Labute approximate surface area is 212 Å². The zero-order valence-corrected chi connectivity index (χ0v) is 20.6. The van der Waals surface area contributed by atoms with Crippen LogP contribution in [0, 0.1) is 6.92 Å². The van der Waals surface area contributed by atoms with E-state index in [0.29, 0.717) is 47.2 Å². The molecule has 5 rings (SSSR count). The summed E-state index contributed by atoms with van der Waals surface area (Å²) in [5.41, 5.74) is 2.52. The Morgan fingerprint density at radius 2 is 1.86 bits per heavy atom. The van der Waals surface area contributed by atoms with Crippen molar-refractivity contribution in [2.24, 2.45) is 0 Å². The van der Waals surface area contributed by atoms with Gasteiger partial charge >= 0.3 is 12.1 Å². The number of benzene rings is 1. The van der Waals surface area contributed by atoms with Crippen molar-refractivity contribution >= 4 is 46.7 Å². The number of fused-ring (bicyclic) bond motifs is 2. The van der Waals surface area contributed by atoms with Gasteiger partial charge in [0, 0.05) is 25.2 Å². The summed E-state index contributed by atoms with van der Waals surface area (Å²) >= 11 is 12.7. The van der Waals surface area contributed by atoms with Crippen molar-refractivity contribution in [3.63, 3.8) is 0 Å². The van der Waals surface area contributed by atoms with Crippen LogP contribution < -0.4 is 9.64 Å². The maximum absolute atomic E-state index is 12.1. The van der Waals surface area contributed by atoms with E-state index in [1.165, 1.54) is 4.90 Å². The first kappa shape index (κ1) is 23.8. The number of nitrogens with zero attached hydrogens (tertiary/aromatic N) is 3. The van der Waals surface area contributed by atoms with E-state index in [1.807, 2.05) is 31.2 Å². The van der Waals surface area contributed by atoms with Crippen molar-refractivity contribution in [2.75, 3.05) is 18.0 Å². The summed E-state index contributed by atoms with van der Waals surface area (Å²) in [6, 6.07) is 6.58. The number of amides is 1. The Morgan fingerprint density at radius 3 is 2.49 bits per heavy atom. The lowest BCUT2D eigenvalue weighted by Crippen LogP contribution is -2.45. The third-order valence-corrected chi connectivity index (χ3v) is 7.61. The fourth-order valence-corrected chi connectivity index (χ4v) is 6.18. The zero-order chi connectivity index (χ0) is 24.9. The van der Waals surface area contributed by atoms with Gasteiger partial charge in [-0.1, -0.05) is 23.2 Å². The molecule has 1 amide bonds. The molecule has 4 heterocycles. The number of pyridine rings is 1. The number of rotatable bonds is 5. The Morgan fingerprint density at radius 1 is 1.11 bits per heavy atom. The van der Waals surface area contributed by atoms with Gasteiger partial charge in [-0.2, -0.15) is 0 Å². The number of aryl methyl sites for hydroxylation is 1. The first-order chi connectivity index (χ1) is 16.7. The minimum atomic E-state index is -1.08. The summed E-state index contributed by atoms with van der Waals surface area (Å²) in [6.45, 7) is 3.29. The van der Waals surface area contributed by atoms with E-state index in [0.717, 1.165) is 29.9 Å². The van der Waals surface area contributed by atoms with Crippen LogP contribution in [-0.2, 0) is 4.79 Å². The summed E-state index contributed by atoms with van der Waals surface area (Å²) < 4.78 is 6.10. The van der Waals surface area contributed by atoms with E-state index >= 15 is 0 Å². The van der Waals surface area contributed by atoms with Crippen LogP contribution in [0.2, 0.25) is 10.0 Å². The number of hydrogen-bond donors (Lipinski definition) is 2. The largest absolute Gasteiger partial charge is 0.485 e. The molecule has 2 fully saturated rings. The lowest BCUT2D eigenvalue weighted by atomic mass is 9.89. The molecule has 3 aliphatic heterocycles. The van der Waals surface area contributed by atoms with Gasteiger partial charge in [-0.15, -0.1) is 0 Å². The van der Waals surface area contributed by atoms with Gasteiger partial charge in [-0.25, -0.2) is 14.6 Å². The average molecular weight is 518 g/mol. The van der Waals surface area contributed by atoms with Crippen molar-refractivity contribution in [1.82, 2.24) is 9.88 Å². The van der Waals surface area contributed by atoms with Crippen LogP contribution in [0.1, 0.15) is 36.8 Å². The summed E-state index contributed by atoms with van der Waals surface area (Å²) in [4.78, 5) is 31.8. The molecule has 0 radical (unpaired) electrons. The maximum Gasteiger partial charge on any atom is 0.408 e. The minimum Gasteiger partial charge on any atom is -0.485 e.